The number of ether oxygens (including phenoxy) is 1. The van der Waals surface area contributed by atoms with Crippen LogP contribution in [0.2, 0.25) is 0 Å². The molecule has 0 aliphatic carbocycles. The summed E-state index contributed by atoms with van der Waals surface area (Å²) < 4.78 is 5.54. The van der Waals surface area contributed by atoms with E-state index in [0.29, 0.717) is 12.8 Å². The van der Waals surface area contributed by atoms with Gasteiger partial charge in [-0.05, 0) is 37.0 Å². The molecule has 0 unspecified atom stereocenters. The molecule has 2 N–H and O–H groups in total. The maximum Gasteiger partial charge on any atom is 0.323 e. The highest BCUT2D eigenvalue weighted by Crippen LogP contribution is 2.13. The van der Waals surface area contributed by atoms with Gasteiger partial charge in [0.2, 0.25) is 0 Å². The van der Waals surface area contributed by atoms with Crippen LogP contribution in [-0.2, 0) is 22.4 Å². The van der Waals surface area contributed by atoms with Gasteiger partial charge in [0.05, 0.1) is 18.2 Å². The number of aliphatic hydroxyl groups is 1. The largest absolute Gasteiger partial charge is 0.462 e. The van der Waals surface area contributed by atoms with Crippen molar-refractivity contribution in [3.8, 4) is 0 Å². The predicted octanol–water partition coefficient (Wildman–Crippen LogP) is 4.82. The Morgan fingerprint density at radius 1 is 0.848 bits per heavy atom. The Kier molecular flexibility index (Phi) is 9.43. The first-order valence-corrected chi connectivity index (χ1v) is 11.5. The molecule has 3 aromatic carbocycles. The van der Waals surface area contributed by atoms with Crippen LogP contribution in [0.3, 0.4) is 0 Å². The lowest BCUT2D eigenvalue weighted by Crippen LogP contribution is -2.50. The SMILES string of the molecule is CC(C)OC(=O)[C@H](Cc1ccccc1)N[C@H](/C=C/c1ccccc1)[C@@H](O)Cc1ccccc1. The van der Waals surface area contributed by atoms with E-state index >= 15 is 0 Å². The predicted molar refractivity (Wildman–Crippen MR) is 134 cm³/mol. The van der Waals surface area contributed by atoms with Gasteiger partial charge in [0, 0.05) is 6.42 Å². The molecule has 0 amide bonds. The normalized spacial score (nSPS) is 14.2. The van der Waals surface area contributed by atoms with Crippen molar-refractivity contribution < 1.29 is 14.6 Å². The van der Waals surface area contributed by atoms with E-state index in [1.165, 1.54) is 0 Å². The fourth-order valence-corrected chi connectivity index (χ4v) is 3.66. The lowest BCUT2D eigenvalue weighted by atomic mass is 9.98. The molecule has 0 radical (unpaired) electrons. The molecular formula is C29H33NO3. The van der Waals surface area contributed by atoms with Crippen LogP contribution in [0, 0.1) is 0 Å². The van der Waals surface area contributed by atoms with Crippen molar-refractivity contribution in [3.63, 3.8) is 0 Å². The molecule has 0 fully saturated rings. The van der Waals surface area contributed by atoms with Gasteiger partial charge in [0.25, 0.3) is 0 Å². The van der Waals surface area contributed by atoms with E-state index in [0.717, 1.165) is 16.7 Å². The van der Waals surface area contributed by atoms with E-state index in [1.807, 2.05) is 117 Å². The summed E-state index contributed by atoms with van der Waals surface area (Å²) >= 11 is 0. The molecule has 3 atom stereocenters. The van der Waals surface area contributed by atoms with Gasteiger partial charge in [0.1, 0.15) is 6.04 Å². The standard InChI is InChI=1S/C29H33NO3/c1-22(2)33-29(32)27(20-24-14-8-4-9-15-24)30-26(19-18-23-12-6-3-7-13-23)28(31)21-25-16-10-5-11-17-25/h3-19,22,26-28,30-31H,20-21H2,1-2H3/b19-18+/t26-,27+,28+/m1/s1. The molecule has 0 aliphatic rings. The summed E-state index contributed by atoms with van der Waals surface area (Å²) in [5.74, 6) is -0.320. The minimum absolute atomic E-state index is 0.217. The highest BCUT2D eigenvalue weighted by Gasteiger charge is 2.27. The van der Waals surface area contributed by atoms with Gasteiger partial charge in [-0.1, -0.05) is 103 Å². The molecular weight excluding hydrogens is 410 g/mol. The molecule has 0 aromatic heterocycles. The van der Waals surface area contributed by atoms with Crippen molar-refractivity contribution in [2.75, 3.05) is 0 Å². The molecule has 0 bridgehead atoms. The van der Waals surface area contributed by atoms with Crippen LogP contribution in [0.1, 0.15) is 30.5 Å². The van der Waals surface area contributed by atoms with E-state index in [2.05, 4.69) is 5.32 Å². The highest BCUT2D eigenvalue weighted by molar-refractivity contribution is 5.76. The summed E-state index contributed by atoms with van der Waals surface area (Å²) in [5.41, 5.74) is 3.09. The second kappa shape index (κ2) is 12.7. The van der Waals surface area contributed by atoms with E-state index < -0.39 is 18.2 Å². The van der Waals surface area contributed by atoms with Gasteiger partial charge in [-0.3, -0.25) is 10.1 Å². The molecule has 0 aliphatic heterocycles. The summed E-state index contributed by atoms with van der Waals surface area (Å²) in [6, 6.07) is 28.6. The third-order valence-corrected chi connectivity index (χ3v) is 5.31. The Morgan fingerprint density at radius 2 is 1.36 bits per heavy atom. The number of hydrogen-bond donors (Lipinski definition) is 2. The number of nitrogens with one attached hydrogen (secondary N) is 1. The van der Waals surface area contributed by atoms with Crippen LogP contribution in [0.25, 0.3) is 6.08 Å². The Bertz CT molecular complexity index is 987. The van der Waals surface area contributed by atoms with Crippen LogP contribution >= 0.6 is 0 Å². The maximum absolute atomic E-state index is 13.0. The first-order chi connectivity index (χ1) is 16.0. The minimum Gasteiger partial charge on any atom is -0.462 e. The zero-order valence-electron chi connectivity index (χ0n) is 19.3. The Hall–Kier alpha value is -3.21. The van der Waals surface area contributed by atoms with Crippen LogP contribution in [0.5, 0.6) is 0 Å². The summed E-state index contributed by atoms with van der Waals surface area (Å²) in [5, 5.41) is 14.5. The molecule has 0 heterocycles. The second-order valence-corrected chi connectivity index (χ2v) is 8.45. The molecule has 3 aromatic rings. The third kappa shape index (κ3) is 8.33. The third-order valence-electron chi connectivity index (χ3n) is 5.31. The van der Waals surface area contributed by atoms with Gasteiger partial charge in [-0.25, -0.2) is 0 Å². The van der Waals surface area contributed by atoms with Crippen molar-refractivity contribution in [3.05, 3.63) is 114 Å². The highest BCUT2D eigenvalue weighted by atomic mass is 16.5. The molecule has 0 saturated heterocycles. The monoisotopic (exact) mass is 443 g/mol. The average Bonchev–Trinajstić information content (AvgIpc) is 2.82. The van der Waals surface area contributed by atoms with Gasteiger partial charge in [0.15, 0.2) is 0 Å². The Morgan fingerprint density at radius 3 is 1.91 bits per heavy atom. The van der Waals surface area contributed by atoms with Crippen LogP contribution in [-0.4, -0.2) is 35.4 Å². The second-order valence-electron chi connectivity index (χ2n) is 8.45. The first-order valence-electron chi connectivity index (χ1n) is 11.5. The average molecular weight is 444 g/mol. The van der Waals surface area contributed by atoms with Gasteiger partial charge in [-0.2, -0.15) is 0 Å². The van der Waals surface area contributed by atoms with Crippen molar-refractivity contribution in [1.82, 2.24) is 5.32 Å². The van der Waals surface area contributed by atoms with Crippen molar-refractivity contribution in [2.24, 2.45) is 0 Å². The molecule has 0 spiro atoms. The van der Waals surface area contributed by atoms with E-state index in [4.69, 9.17) is 4.74 Å². The van der Waals surface area contributed by atoms with Crippen molar-refractivity contribution in [1.29, 1.82) is 0 Å². The summed E-state index contributed by atoms with van der Waals surface area (Å²) in [6.07, 6.45) is 3.90. The van der Waals surface area contributed by atoms with Crippen LogP contribution in [0.4, 0.5) is 0 Å². The molecule has 0 saturated carbocycles. The quantitative estimate of drug-likeness (QED) is 0.417. The van der Waals surface area contributed by atoms with Gasteiger partial charge >= 0.3 is 5.97 Å². The van der Waals surface area contributed by atoms with E-state index in [1.54, 1.807) is 0 Å². The molecule has 4 heteroatoms. The minimum atomic E-state index is -0.725. The summed E-state index contributed by atoms with van der Waals surface area (Å²) in [6.45, 7) is 3.68. The number of rotatable bonds is 11. The number of esters is 1. The first kappa shape index (κ1) is 24.4. The van der Waals surface area contributed by atoms with Gasteiger partial charge in [-0.15, -0.1) is 0 Å². The van der Waals surface area contributed by atoms with Crippen molar-refractivity contribution >= 4 is 12.0 Å². The van der Waals surface area contributed by atoms with E-state index in [9.17, 15) is 9.90 Å². The molecule has 172 valence electrons. The zero-order valence-corrected chi connectivity index (χ0v) is 19.3. The fraction of sp³-hybridized carbons (Fsp3) is 0.276. The maximum atomic E-state index is 13.0. The summed E-state index contributed by atoms with van der Waals surface area (Å²) in [7, 11) is 0. The number of carbonyl (C=O) groups excluding carboxylic acids is 1. The van der Waals surface area contributed by atoms with E-state index in [-0.39, 0.29) is 12.1 Å². The van der Waals surface area contributed by atoms with Gasteiger partial charge < -0.3 is 9.84 Å². The molecule has 3 rings (SSSR count). The summed E-state index contributed by atoms with van der Waals surface area (Å²) in [4.78, 5) is 13.0. The number of aliphatic hydroxyl groups excluding tert-OH is 1. The lowest BCUT2D eigenvalue weighted by molar-refractivity contribution is -0.150. The Labute approximate surface area is 196 Å². The van der Waals surface area contributed by atoms with Crippen molar-refractivity contribution in [2.45, 2.75) is 51.0 Å². The van der Waals surface area contributed by atoms with Crippen LogP contribution in [0.15, 0.2) is 97.1 Å². The fourth-order valence-electron chi connectivity index (χ4n) is 3.66. The lowest BCUT2D eigenvalue weighted by Gasteiger charge is -2.27. The number of carbonyl (C=O) groups is 1. The van der Waals surface area contributed by atoms with Crippen LogP contribution < -0.4 is 5.32 Å². The molecule has 4 nitrogen and oxygen atoms in total. The molecule has 33 heavy (non-hydrogen) atoms. The number of hydrogen-bond acceptors (Lipinski definition) is 4. The zero-order chi connectivity index (χ0) is 23.5. The smallest absolute Gasteiger partial charge is 0.323 e. The topological polar surface area (TPSA) is 58.6 Å². The Balaban J connectivity index is 1.84. The number of benzene rings is 3.